The Bertz CT molecular complexity index is 388. The van der Waals surface area contributed by atoms with Crippen molar-refractivity contribution >= 4 is 11.3 Å². The van der Waals surface area contributed by atoms with Crippen LogP contribution in [0.3, 0.4) is 0 Å². The molecule has 1 N–H and O–H groups in total. The lowest BCUT2D eigenvalue weighted by Gasteiger charge is -2.25. The first-order chi connectivity index (χ1) is 9.83. The number of nitrogens with one attached hydrogen (secondary N) is 1. The predicted octanol–water partition coefficient (Wildman–Crippen LogP) is 2.08. The summed E-state index contributed by atoms with van der Waals surface area (Å²) in [5.41, 5.74) is 1.32. The highest BCUT2D eigenvalue weighted by Crippen LogP contribution is 2.21. The lowest BCUT2D eigenvalue weighted by atomic mass is 10.2. The van der Waals surface area contributed by atoms with Crippen LogP contribution in [0.2, 0.25) is 0 Å². The average molecular weight is 297 g/mol. The van der Waals surface area contributed by atoms with E-state index in [-0.39, 0.29) is 0 Å². The summed E-state index contributed by atoms with van der Waals surface area (Å²) in [6, 6.07) is 0. The van der Waals surface area contributed by atoms with Gasteiger partial charge in [0.2, 0.25) is 0 Å². The Hall–Kier alpha value is -0.490. The normalized spacial score (nSPS) is 16.7. The van der Waals surface area contributed by atoms with Gasteiger partial charge in [-0.25, -0.2) is 4.98 Å². The van der Waals surface area contributed by atoms with E-state index in [1.807, 2.05) is 11.3 Å². The van der Waals surface area contributed by atoms with Gasteiger partial charge in [-0.3, -0.25) is 4.90 Å². The molecule has 1 aliphatic rings. The number of hydrogen-bond donors (Lipinski definition) is 1. The van der Waals surface area contributed by atoms with Gasteiger partial charge in [0.25, 0.3) is 0 Å². The van der Waals surface area contributed by atoms with Crippen molar-refractivity contribution in [2.75, 3.05) is 39.4 Å². The number of nitrogens with zero attached hydrogens (tertiary/aromatic N) is 2. The first kappa shape index (κ1) is 15.9. The van der Waals surface area contributed by atoms with Crippen molar-refractivity contribution in [1.29, 1.82) is 0 Å². The van der Waals surface area contributed by atoms with Crippen LogP contribution in [0.1, 0.15) is 35.8 Å². The molecule has 5 heteroatoms. The maximum absolute atomic E-state index is 5.39. The van der Waals surface area contributed by atoms with Gasteiger partial charge in [-0.15, -0.1) is 11.3 Å². The molecule has 0 amide bonds. The van der Waals surface area contributed by atoms with Crippen LogP contribution in [0.5, 0.6) is 0 Å². The molecule has 1 aromatic heterocycles. The largest absolute Gasteiger partial charge is 0.379 e. The first-order valence-corrected chi connectivity index (χ1v) is 8.63. The Kier molecular flexibility index (Phi) is 6.93. The molecule has 4 nitrogen and oxygen atoms in total. The minimum absolute atomic E-state index is 0.880. The maximum Gasteiger partial charge on any atom is 0.0944 e. The highest BCUT2D eigenvalue weighted by molar-refractivity contribution is 7.11. The quantitative estimate of drug-likeness (QED) is 0.797. The molecule has 1 aromatic rings. The molecular formula is C15H27N3OS. The van der Waals surface area contributed by atoms with Crippen molar-refractivity contribution < 1.29 is 4.74 Å². The first-order valence-electron chi connectivity index (χ1n) is 7.81. The van der Waals surface area contributed by atoms with Crippen LogP contribution in [0, 0.1) is 0 Å². The van der Waals surface area contributed by atoms with Gasteiger partial charge in [-0.2, -0.15) is 0 Å². The summed E-state index contributed by atoms with van der Waals surface area (Å²) in [6.45, 7) is 11.4. The van der Waals surface area contributed by atoms with E-state index in [4.69, 9.17) is 9.72 Å². The lowest BCUT2D eigenvalue weighted by molar-refractivity contribution is 0.0384. The smallest absolute Gasteiger partial charge is 0.0944 e. The molecule has 20 heavy (non-hydrogen) atoms. The van der Waals surface area contributed by atoms with E-state index in [1.165, 1.54) is 22.0 Å². The number of rotatable bonds is 8. The number of aryl methyl sites for hydroxylation is 1. The van der Waals surface area contributed by atoms with Crippen molar-refractivity contribution in [2.24, 2.45) is 0 Å². The van der Waals surface area contributed by atoms with E-state index in [0.717, 1.165) is 58.8 Å². The molecule has 2 heterocycles. The van der Waals surface area contributed by atoms with E-state index in [9.17, 15) is 0 Å². The summed E-state index contributed by atoms with van der Waals surface area (Å²) in [5.74, 6) is 0. The lowest BCUT2D eigenvalue weighted by Crippen LogP contribution is -2.37. The van der Waals surface area contributed by atoms with Gasteiger partial charge < -0.3 is 10.1 Å². The van der Waals surface area contributed by atoms with Crippen LogP contribution in [0.4, 0.5) is 0 Å². The standard InChI is InChI=1S/C15H27N3OS/c1-3-5-13-14(12-16-4-2)20-15(17-13)6-7-18-8-10-19-11-9-18/h16H,3-12H2,1-2H3. The van der Waals surface area contributed by atoms with Crippen LogP contribution >= 0.6 is 11.3 Å². The summed E-state index contributed by atoms with van der Waals surface area (Å²) >= 11 is 1.90. The van der Waals surface area contributed by atoms with Gasteiger partial charge in [0.1, 0.15) is 0 Å². The molecule has 0 aromatic carbocycles. The van der Waals surface area contributed by atoms with Gasteiger partial charge >= 0.3 is 0 Å². The van der Waals surface area contributed by atoms with E-state index >= 15 is 0 Å². The third-order valence-corrected chi connectivity index (χ3v) is 4.75. The molecule has 114 valence electrons. The Morgan fingerprint density at radius 1 is 1.25 bits per heavy atom. The monoisotopic (exact) mass is 297 g/mol. The summed E-state index contributed by atoms with van der Waals surface area (Å²) in [7, 11) is 0. The Labute approximate surface area is 126 Å². The second kappa shape index (κ2) is 8.72. The zero-order chi connectivity index (χ0) is 14.2. The second-order valence-electron chi connectivity index (χ2n) is 5.21. The van der Waals surface area contributed by atoms with Crippen LogP contribution in [0.25, 0.3) is 0 Å². The van der Waals surface area contributed by atoms with E-state index in [1.54, 1.807) is 0 Å². The van der Waals surface area contributed by atoms with Crippen molar-refractivity contribution in [2.45, 2.75) is 39.7 Å². The van der Waals surface area contributed by atoms with E-state index in [2.05, 4.69) is 24.1 Å². The second-order valence-corrected chi connectivity index (χ2v) is 6.38. The zero-order valence-electron chi connectivity index (χ0n) is 12.8. The minimum Gasteiger partial charge on any atom is -0.379 e. The van der Waals surface area contributed by atoms with Gasteiger partial charge in [0, 0.05) is 37.5 Å². The number of aromatic nitrogens is 1. The van der Waals surface area contributed by atoms with Crippen molar-refractivity contribution in [3.8, 4) is 0 Å². The molecule has 1 aliphatic heterocycles. The average Bonchev–Trinajstić information content (AvgIpc) is 2.87. The highest BCUT2D eigenvalue weighted by atomic mass is 32.1. The van der Waals surface area contributed by atoms with Crippen molar-refractivity contribution in [3.63, 3.8) is 0 Å². The molecule has 0 spiro atoms. The molecule has 0 aliphatic carbocycles. The molecular weight excluding hydrogens is 270 g/mol. The van der Waals surface area contributed by atoms with Crippen LogP contribution in [-0.2, 0) is 24.1 Å². The van der Waals surface area contributed by atoms with Crippen molar-refractivity contribution in [3.05, 3.63) is 15.6 Å². The summed E-state index contributed by atoms with van der Waals surface area (Å²) in [4.78, 5) is 8.77. The molecule has 1 saturated heterocycles. The Morgan fingerprint density at radius 3 is 2.75 bits per heavy atom. The van der Waals surface area contributed by atoms with Crippen LogP contribution < -0.4 is 5.32 Å². The minimum atomic E-state index is 0.880. The Morgan fingerprint density at radius 2 is 2.05 bits per heavy atom. The number of ether oxygens (including phenoxy) is 1. The molecule has 0 radical (unpaired) electrons. The molecule has 0 bridgehead atoms. The summed E-state index contributed by atoms with van der Waals surface area (Å²) in [6.07, 6.45) is 3.36. The summed E-state index contributed by atoms with van der Waals surface area (Å²) < 4.78 is 5.39. The van der Waals surface area contributed by atoms with Gasteiger partial charge in [-0.05, 0) is 13.0 Å². The van der Waals surface area contributed by atoms with Gasteiger partial charge in [0.15, 0.2) is 0 Å². The highest BCUT2D eigenvalue weighted by Gasteiger charge is 2.13. The molecule has 2 rings (SSSR count). The van der Waals surface area contributed by atoms with E-state index < -0.39 is 0 Å². The fourth-order valence-corrected chi connectivity index (χ4v) is 3.50. The SMILES string of the molecule is CCCc1nc(CCN2CCOCC2)sc1CNCC. The van der Waals surface area contributed by atoms with Crippen LogP contribution in [0.15, 0.2) is 0 Å². The van der Waals surface area contributed by atoms with Crippen molar-refractivity contribution in [1.82, 2.24) is 15.2 Å². The van der Waals surface area contributed by atoms with Gasteiger partial charge in [0.05, 0.1) is 23.9 Å². The Balaban J connectivity index is 1.89. The fraction of sp³-hybridized carbons (Fsp3) is 0.800. The fourth-order valence-electron chi connectivity index (χ4n) is 2.43. The maximum atomic E-state index is 5.39. The third-order valence-electron chi connectivity index (χ3n) is 3.59. The molecule has 0 saturated carbocycles. The molecule has 1 fully saturated rings. The number of hydrogen-bond acceptors (Lipinski definition) is 5. The topological polar surface area (TPSA) is 37.4 Å². The molecule has 0 unspecified atom stereocenters. The third kappa shape index (κ3) is 4.81. The van der Waals surface area contributed by atoms with Gasteiger partial charge in [-0.1, -0.05) is 20.3 Å². The summed E-state index contributed by atoms with van der Waals surface area (Å²) in [5, 5.41) is 4.72. The molecule has 0 atom stereocenters. The number of morpholine rings is 1. The van der Waals surface area contributed by atoms with E-state index in [0.29, 0.717) is 0 Å². The zero-order valence-corrected chi connectivity index (χ0v) is 13.6. The predicted molar refractivity (Wildman–Crippen MR) is 84.5 cm³/mol. The van der Waals surface area contributed by atoms with Crippen LogP contribution in [-0.4, -0.2) is 49.3 Å². The number of thiazole rings is 1.